The third kappa shape index (κ3) is 4.19. The minimum atomic E-state index is -3.09. The Morgan fingerprint density at radius 2 is 1.19 bits per heavy atom. The predicted molar refractivity (Wildman–Crippen MR) is 106 cm³/mol. The van der Waals surface area contributed by atoms with Crippen molar-refractivity contribution < 1.29 is 14.5 Å². The Balaban J connectivity index is 1.85. The van der Waals surface area contributed by atoms with Crippen LogP contribution in [0.15, 0.2) is 91.0 Å². The smallest absolute Gasteiger partial charge is 0.150 e. The Hall–Kier alpha value is -2.48. The number of aliphatic hydroxyl groups is 1. The standard InChI is InChI=1S/C22H21O3P/c23-19(16-22(24)18-10-4-1-5-11-18)17-26(25,20-12-6-2-7-13-20)21-14-8-3-9-15-21/h1-15,22,24H,16-17H2. The highest BCUT2D eigenvalue weighted by molar-refractivity contribution is 7.79. The monoisotopic (exact) mass is 364 g/mol. The van der Waals surface area contributed by atoms with E-state index >= 15 is 0 Å². The lowest BCUT2D eigenvalue weighted by Crippen LogP contribution is -2.23. The van der Waals surface area contributed by atoms with Gasteiger partial charge in [0, 0.05) is 17.0 Å². The first-order chi connectivity index (χ1) is 12.6. The van der Waals surface area contributed by atoms with Gasteiger partial charge in [0.05, 0.1) is 12.3 Å². The average molecular weight is 364 g/mol. The molecule has 0 amide bonds. The van der Waals surface area contributed by atoms with E-state index < -0.39 is 13.2 Å². The number of hydrogen-bond acceptors (Lipinski definition) is 3. The van der Waals surface area contributed by atoms with Gasteiger partial charge in [-0.25, -0.2) is 0 Å². The van der Waals surface area contributed by atoms with Gasteiger partial charge < -0.3 is 9.67 Å². The molecule has 0 aliphatic heterocycles. The second-order valence-electron chi connectivity index (χ2n) is 6.24. The molecule has 0 aliphatic rings. The van der Waals surface area contributed by atoms with E-state index in [1.54, 1.807) is 36.4 Å². The van der Waals surface area contributed by atoms with Crippen LogP contribution < -0.4 is 10.6 Å². The van der Waals surface area contributed by atoms with Crippen LogP contribution in [-0.4, -0.2) is 17.1 Å². The Kier molecular flexibility index (Phi) is 5.82. The van der Waals surface area contributed by atoms with E-state index in [1.807, 2.05) is 54.6 Å². The van der Waals surface area contributed by atoms with Crippen LogP contribution in [0.1, 0.15) is 18.1 Å². The van der Waals surface area contributed by atoms with Crippen molar-refractivity contribution in [3.63, 3.8) is 0 Å². The van der Waals surface area contributed by atoms with Crippen molar-refractivity contribution in [3.05, 3.63) is 96.6 Å². The summed E-state index contributed by atoms with van der Waals surface area (Å²) >= 11 is 0. The first-order valence-electron chi connectivity index (χ1n) is 8.54. The SMILES string of the molecule is O=C(CC(O)c1ccccc1)CP(=O)(c1ccccc1)c1ccccc1. The number of ketones is 1. The van der Waals surface area contributed by atoms with Crippen LogP contribution in [0.5, 0.6) is 0 Å². The molecule has 0 aromatic heterocycles. The molecule has 0 aliphatic carbocycles. The average Bonchev–Trinajstić information content (AvgIpc) is 2.70. The van der Waals surface area contributed by atoms with Crippen LogP contribution in [0.4, 0.5) is 0 Å². The van der Waals surface area contributed by atoms with E-state index in [9.17, 15) is 14.5 Å². The normalized spacial score (nSPS) is 12.5. The van der Waals surface area contributed by atoms with Crippen molar-refractivity contribution >= 4 is 23.5 Å². The Labute approximate surface area is 153 Å². The molecule has 3 rings (SSSR count). The second kappa shape index (κ2) is 8.27. The lowest BCUT2D eigenvalue weighted by Gasteiger charge is -2.19. The van der Waals surface area contributed by atoms with Gasteiger partial charge in [0.1, 0.15) is 12.9 Å². The zero-order valence-corrected chi connectivity index (χ0v) is 15.3. The molecular weight excluding hydrogens is 343 g/mol. The molecule has 132 valence electrons. The fraction of sp³-hybridized carbons (Fsp3) is 0.136. The second-order valence-corrected chi connectivity index (χ2v) is 9.07. The van der Waals surface area contributed by atoms with Gasteiger partial charge in [-0.3, -0.25) is 4.79 Å². The summed E-state index contributed by atoms with van der Waals surface area (Å²) in [6.45, 7) is 0. The topological polar surface area (TPSA) is 54.4 Å². The molecule has 3 aromatic carbocycles. The highest BCUT2D eigenvalue weighted by Crippen LogP contribution is 2.43. The fourth-order valence-electron chi connectivity index (χ4n) is 2.99. The lowest BCUT2D eigenvalue weighted by atomic mass is 10.1. The molecule has 0 radical (unpaired) electrons. The van der Waals surface area contributed by atoms with Gasteiger partial charge in [0.15, 0.2) is 0 Å². The van der Waals surface area contributed by atoms with Gasteiger partial charge in [-0.1, -0.05) is 91.0 Å². The molecule has 0 saturated heterocycles. The Morgan fingerprint density at radius 3 is 1.65 bits per heavy atom. The van der Waals surface area contributed by atoms with Crippen molar-refractivity contribution in [1.82, 2.24) is 0 Å². The number of rotatable bonds is 7. The summed E-state index contributed by atoms with van der Waals surface area (Å²) in [5, 5.41) is 11.6. The van der Waals surface area contributed by atoms with Crippen LogP contribution in [0.3, 0.4) is 0 Å². The summed E-state index contributed by atoms with van der Waals surface area (Å²) in [6, 6.07) is 27.3. The molecule has 1 N–H and O–H groups in total. The van der Waals surface area contributed by atoms with E-state index in [-0.39, 0.29) is 18.4 Å². The lowest BCUT2D eigenvalue weighted by molar-refractivity contribution is -0.118. The van der Waals surface area contributed by atoms with Crippen molar-refractivity contribution in [3.8, 4) is 0 Å². The molecule has 4 heteroatoms. The maximum Gasteiger partial charge on any atom is 0.150 e. The van der Waals surface area contributed by atoms with Crippen LogP contribution in [-0.2, 0) is 9.36 Å². The maximum atomic E-state index is 13.8. The molecule has 3 nitrogen and oxygen atoms in total. The molecule has 3 aromatic rings. The summed E-state index contributed by atoms with van der Waals surface area (Å²) in [4.78, 5) is 12.7. The van der Waals surface area contributed by atoms with Crippen LogP contribution >= 0.6 is 7.14 Å². The number of carbonyl (C=O) groups is 1. The number of Topliss-reactive ketones (excluding diaryl/α,β-unsaturated/α-hetero) is 1. The third-order valence-electron chi connectivity index (χ3n) is 4.35. The molecule has 26 heavy (non-hydrogen) atoms. The zero-order valence-electron chi connectivity index (χ0n) is 14.4. The van der Waals surface area contributed by atoms with Crippen LogP contribution in [0.2, 0.25) is 0 Å². The van der Waals surface area contributed by atoms with E-state index in [0.29, 0.717) is 16.2 Å². The molecule has 0 bridgehead atoms. The number of carbonyl (C=O) groups excluding carboxylic acids is 1. The molecule has 1 unspecified atom stereocenters. The molecule has 0 heterocycles. The van der Waals surface area contributed by atoms with Gasteiger partial charge in [-0.2, -0.15) is 0 Å². The summed E-state index contributed by atoms with van der Waals surface area (Å²) in [6.07, 6.45) is -1.03. The number of aliphatic hydroxyl groups excluding tert-OH is 1. The van der Waals surface area contributed by atoms with Crippen molar-refractivity contribution in [2.24, 2.45) is 0 Å². The minimum Gasteiger partial charge on any atom is -0.388 e. The van der Waals surface area contributed by atoms with Crippen molar-refractivity contribution in [2.45, 2.75) is 12.5 Å². The van der Waals surface area contributed by atoms with Gasteiger partial charge >= 0.3 is 0 Å². The highest BCUT2D eigenvalue weighted by atomic mass is 31.2. The highest BCUT2D eigenvalue weighted by Gasteiger charge is 2.30. The van der Waals surface area contributed by atoms with E-state index in [4.69, 9.17) is 0 Å². The summed E-state index contributed by atoms with van der Waals surface area (Å²) in [7, 11) is -3.09. The molecule has 0 spiro atoms. The Bertz CT molecular complexity index is 849. The van der Waals surface area contributed by atoms with Crippen LogP contribution in [0, 0.1) is 0 Å². The van der Waals surface area contributed by atoms with E-state index in [2.05, 4.69) is 0 Å². The van der Waals surface area contributed by atoms with E-state index in [1.165, 1.54) is 0 Å². The Morgan fingerprint density at radius 1 is 0.769 bits per heavy atom. The van der Waals surface area contributed by atoms with Gasteiger partial charge in [-0.05, 0) is 5.56 Å². The summed E-state index contributed by atoms with van der Waals surface area (Å²) in [5.74, 6) is -0.211. The largest absolute Gasteiger partial charge is 0.388 e. The van der Waals surface area contributed by atoms with Gasteiger partial charge in [0.2, 0.25) is 0 Å². The zero-order chi connectivity index (χ0) is 18.4. The number of hydrogen-bond donors (Lipinski definition) is 1. The molecular formula is C22H21O3P. The first-order valence-corrected chi connectivity index (χ1v) is 10.4. The minimum absolute atomic E-state index is 0.0479. The fourth-order valence-corrected chi connectivity index (χ4v) is 5.59. The maximum absolute atomic E-state index is 13.8. The van der Waals surface area contributed by atoms with Crippen LogP contribution in [0.25, 0.3) is 0 Å². The van der Waals surface area contributed by atoms with Gasteiger partial charge in [0.25, 0.3) is 0 Å². The third-order valence-corrected chi connectivity index (χ3v) is 7.41. The number of benzene rings is 3. The first kappa shape index (κ1) is 18.3. The summed E-state index contributed by atoms with van der Waals surface area (Å²) in [5.41, 5.74) is 0.690. The molecule has 0 saturated carbocycles. The van der Waals surface area contributed by atoms with Crippen molar-refractivity contribution in [2.75, 3.05) is 6.16 Å². The molecule has 1 atom stereocenters. The van der Waals surface area contributed by atoms with E-state index in [0.717, 1.165) is 0 Å². The quantitative estimate of drug-likeness (QED) is 0.651. The van der Waals surface area contributed by atoms with Gasteiger partial charge in [-0.15, -0.1) is 0 Å². The van der Waals surface area contributed by atoms with Crippen molar-refractivity contribution in [1.29, 1.82) is 0 Å². The predicted octanol–water partition coefficient (Wildman–Crippen LogP) is 3.69. The summed E-state index contributed by atoms with van der Waals surface area (Å²) < 4.78 is 13.8. The molecule has 0 fully saturated rings.